The summed E-state index contributed by atoms with van der Waals surface area (Å²) >= 11 is 0. The van der Waals surface area contributed by atoms with Crippen LogP contribution in [0.15, 0.2) is 120 Å². The molecule has 15 heteroatoms. The van der Waals surface area contributed by atoms with Crippen molar-refractivity contribution in [2.45, 2.75) is 89.6 Å². The molecule has 5 aromatic rings. The van der Waals surface area contributed by atoms with Crippen LogP contribution in [0.2, 0.25) is 0 Å². The van der Waals surface area contributed by atoms with E-state index in [1.165, 1.54) is 0 Å². The van der Waals surface area contributed by atoms with Crippen molar-refractivity contribution in [3.05, 3.63) is 154 Å². The zero-order valence-electron chi connectivity index (χ0n) is 39.3. The van der Waals surface area contributed by atoms with Gasteiger partial charge in [-0.15, -0.1) is 0 Å². The number of nitrogens with zero attached hydrogens (tertiary/aromatic N) is 4. The van der Waals surface area contributed by atoms with Gasteiger partial charge >= 0.3 is 5.69 Å². The Balaban J connectivity index is 1.47. The van der Waals surface area contributed by atoms with Gasteiger partial charge in [0.05, 0.1) is 65.8 Å². The molecular formula is C51H64N5O9P. The highest BCUT2D eigenvalue weighted by Gasteiger charge is 2.48. The Labute approximate surface area is 390 Å². The van der Waals surface area contributed by atoms with Crippen LogP contribution in [0.3, 0.4) is 0 Å². The van der Waals surface area contributed by atoms with Gasteiger partial charge in [0.1, 0.15) is 41.2 Å². The molecule has 1 aliphatic rings. The molecule has 0 amide bonds. The van der Waals surface area contributed by atoms with Crippen molar-refractivity contribution < 1.29 is 37.5 Å². The van der Waals surface area contributed by atoms with Gasteiger partial charge in [-0.25, -0.2) is 9.46 Å². The largest absolute Gasteiger partial charge is 0.497 e. The Bertz CT molecular complexity index is 2270. The fourth-order valence-corrected chi connectivity index (χ4v) is 10.0. The maximum atomic E-state index is 14.2. The van der Waals surface area contributed by atoms with Crippen molar-refractivity contribution >= 4 is 14.3 Å². The second kappa shape index (κ2) is 24.5. The first-order valence-corrected chi connectivity index (χ1v) is 23.5. The van der Waals surface area contributed by atoms with E-state index in [0.29, 0.717) is 23.9 Å². The van der Waals surface area contributed by atoms with E-state index in [-0.39, 0.29) is 51.5 Å². The van der Waals surface area contributed by atoms with Crippen molar-refractivity contribution in [2.75, 3.05) is 59.7 Å². The molecule has 0 radical (unpaired) electrons. The van der Waals surface area contributed by atoms with Gasteiger partial charge in [0.15, 0.2) is 0 Å². The summed E-state index contributed by atoms with van der Waals surface area (Å²) in [5.74, 6) is 1.89. The lowest BCUT2D eigenvalue weighted by Crippen LogP contribution is -2.57. The number of aryl methyl sites for hydroxylation is 1. The lowest BCUT2D eigenvalue weighted by atomic mass is 9.80. The number of hydrogen-bond acceptors (Lipinski definition) is 13. The number of rotatable bonds is 24. The SMILES string of the molecule is COCCO[C@@H]1[C@H](OP(OCCC#N)N(C(C)C)C(C)C)[C@@H](COC(c2ccccc2)(c2ccc(OC)cc2)c2ccc(OC)cc2)OC[C@H]1n1cc(C)c(NCc2ccccc2)nc1=O. The zero-order chi connectivity index (χ0) is 47.1. The van der Waals surface area contributed by atoms with Crippen LogP contribution in [-0.2, 0) is 40.1 Å². The van der Waals surface area contributed by atoms with Gasteiger partial charge in [-0.1, -0.05) is 84.9 Å². The number of aromatic nitrogens is 2. The minimum atomic E-state index is -1.83. The maximum absolute atomic E-state index is 14.2. The van der Waals surface area contributed by atoms with Crippen molar-refractivity contribution in [1.29, 1.82) is 5.26 Å². The third-order valence-electron chi connectivity index (χ3n) is 11.5. The molecule has 1 aliphatic heterocycles. The molecule has 0 bridgehead atoms. The Morgan fingerprint density at radius 3 is 1.98 bits per heavy atom. The molecule has 1 N–H and O–H groups in total. The standard InChI is InChI=1S/C51H64N5O9P/c1-36(2)56(37(3)4)66(64-29-15-28-52)65-48-46(35-63-51(40-18-13-10-14-19-40,41-20-24-43(59-7)25-21-41)42-22-26-44(60-8)27-23-42)62-34-45(47(48)61-31-30-58-6)55-33-38(5)49(54-50(55)57)53-32-39-16-11-9-12-17-39/h9-14,16-27,33,36-37,45-48H,15,29-32,34-35H2,1-8H3,(H,53,54,57)/t45-,46-,47+,48-,66?/m1/s1. The van der Waals surface area contributed by atoms with Crippen LogP contribution in [-0.4, -0.2) is 99.0 Å². The number of ether oxygens (including phenoxy) is 6. The summed E-state index contributed by atoms with van der Waals surface area (Å²) in [6, 6.07) is 37.2. The first kappa shape index (κ1) is 50.2. The van der Waals surface area contributed by atoms with E-state index in [1.54, 1.807) is 32.1 Å². The molecule has 5 atom stereocenters. The van der Waals surface area contributed by atoms with Gasteiger partial charge in [-0.05, 0) is 81.1 Å². The van der Waals surface area contributed by atoms with Crippen LogP contribution in [0.1, 0.15) is 68.0 Å². The van der Waals surface area contributed by atoms with Crippen LogP contribution in [0.4, 0.5) is 5.82 Å². The highest BCUT2D eigenvalue weighted by molar-refractivity contribution is 7.44. The summed E-state index contributed by atoms with van der Waals surface area (Å²) in [5.41, 5.74) is 2.75. The summed E-state index contributed by atoms with van der Waals surface area (Å²) in [6.45, 7) is 11.5. The van der Waals surface area contributed by atoms with Gasteiger partial charge in [0.2, 0.25) is 0 Å². The van der Waals surface area contributed by atoms with Crippen molar-refractivity contribution in [2.24, 2.45) is 0 Å². The van der Waals surface area contributed by atoms with Crippen molar-refractivity contribution in [1.82, 2.24) is 14.2 Å². The summed E-state index contributed by atoms with van der Waals surface area (Å²) in [7, 11) is 3.06. The average Bonchev–Trinajstić information content (AvgIpc) is 3.33. The number of nitrogens with one attached hydrogen (secondary N) is 1. The van der Waals surface area contributed by atoms with Crippen LogP contribution >= 0.6 is 8.53 Å². The topological polar surface area (TPSA) is 148 Å². The van der Waals surface area contributed by atoms with Gasteiger partial charge in [0, 0.05) is 37.5 Å². The molecule has 14 nitrogen and oxygen atoms in total. The Morgan fingerprint density at radius 1 is 0.833 bits per heavy atom. The van der Waals surface area contributed by atoms with Crippen LogP contribution in [0, 0.1) is 18.3 Å². The molecule has 1 unspecified atom stereocenters. The summed E-state index contributed by atoms with van der Waals surface area (Å²) in [6.07, 6.45) is -0.465. The number of nitriles is 1. The molecule has 4 aromatic carbocycles. The van der Waals surface area contributed by atoms with Gasteiger partial charge in [0.25, 0.3) is 8.53 Å². The van der Waals surface area contributed by atoms with Crippen LogP contribution in [0.25, 0.3) is 0 Å². The minimum absolute atomic E-state index is 0.00216. The van der Waals surface area contributed by atoms with Gasteiger partial charge in [-0.2, -0.15) is 10.2 Å². The molecule has 1 saturated heterocycles. The summed E-state index contributed by atoms with van der Waals surface area (Å²) < 4.78 is 55.3. The molecule has 6 rings (SSSR count). The Hall–Kier alpha value is -5.20. The predicted octanol–water partition coefficient (Wildman–Crippen LogP) is 8.82. The quantitative estimate of drug-likeness (QED) is 0.0358. The first-order chi connectivity index (χ1) is 32.0. The molecule has 66 heavy (non-hydrogen) atoms. The second-order valence-electron chi connectivity index (χ2n) is 16.5. The molecule has 0 aliphatic carbocycles. The van der Waals surface area contributed by atoms with E-state index < -0.39 is 44.2 Å². The molecule has 0 spiro atoms. The molecule has 1 aromatic heterocycles. The monoisotopic (exact) mass is 921 g/mol. The van der Waals surface area contributed by atoms with Gasteiger partial charge < -0.3 is 42.8 Å². The minimum Gasteiger partial charge on any atom is -0.497 e. The van der Waals surface area contributed by atoms with E-state index >= 15 is 0 Å². The van der Waals surface area contributed by atoms with Crippen molar-refractivity contribution in [3.63, 3.8) is 0 Å². The molecule has 1 fully saturated rings. The average molecular weight is 922 g/mol. The Kier molecular flexibility index (Phi) is 18.7. The van der Waals surface area contributed by atoms with Crippen molar-refractivity contribution in [3.8, 4) is 17.6 Å². The number of anilines is 1. The van der Waals surface area contributed by atoms with Crippen LogP contribution in [0.5, 0.6) is 11.5 Å². The Morgan fingerprint density at radius 2 is 1.42 bits per heavy atom. The molecule has 0 saturated carbocycles. The fourth-order valence-electron chi connectivity index (χ4n) is 8.27. The number of methoxy groups -OCH3 is 3. The number of hydrogen-bond donors (Lipinski definition) is 1. The van der Waals surface area contributed by atoms with E-state index in [9.17, 15) is 10.1 Å². The van der Waals surface area contributed by atoms with E-state index in [2.05, 4.69) is 48.7 Å². The van der Waals surface area contributed by atoms with Crippen LogP contribution < -0.4 is 20.5 Å². The lowest BCUT2D eigenvalue weighted by molar-refractivity contribution is -0.195. The summed E-state index contributed by atoms with van der Waals surface area (Å²) in [4.78, 5) is 18.7. The second-order valence-corrected chi connectivity index (χ2v) is 17.9. The molecular weight excluding hydrogens is 858 g/mol. The lowest BCUT2D eigenvalue weighted by Gasteiger charge is -2.46. The fraction of sp³-hybridized carbons (Fsp3) is 0.431. The maximum Gasteiger partial charge on any atom is 0.349 e. The third-order valence-corrected chi connectivity index (χ3v) is 13.6. The first-order valence-electron chi connectivity index (χ1n) is 22.4. The zero-order valence-corrected chi connectivity index (χ0v) is 40.2. The van der Waals surface area contributed by atoms with Gasteiger partial charge in [-0.3, -0.25) is 4.57 Å². The number of benzene rings is 4. The smallest absolute Gasteiger partial charge is 0.349 e. The van der Waals surface area contributed by atoms with E-state index in [0.717, 1.165) is 27.8 Å². The summed E-state index contributed by atoms with van der Waals surface area (Å²) in [5, 5.41) is 12.9. The highest BCUT2D eigenvalue weighted by atomic mass is 31.2. The highest BCUT2D eigenvalue weighted by Crippen LogP contribution is 2.50. The molecule has 2 heterocycles. The molecule has 352 valence electrons. The van der Waals surface area contributed by atoms with E-state index in [4.69, 9.17) is 37.5 Å². The van der Waals surface area contributed by atoms with E-state index in [1.807, 2.05) is 116 Å². The normalized spacial score (nSPS) is 18.0. The third kappa shape index (κ3) is 12.2. The predicted molar refractivity (Wildman–Crippen MR) is 256 cm³/mol.